The lowest BCUT2D eigenvalue weighted by Gasteiger charge is -2.30. The zero-order valence-electron chi connectivity index (χ0n) is 19.3. The molecule has 0 fully saturated rings. The summed E-state index contributed by atoms with van der Waals surface area (Å²) in [5.41, 5.74) is 4.49. The van der Waals surface area contributed by atoms with E-state index >= 15 is 0 Å². The van der Waals surface area contributed by atoms with Crippen LogP contribution in [0.4, 0.5) is 11.4 Å². The standard InChI is InChI=1S/C30H26N2O3/c33-29(19-26(23-12-6-2-7-13-23)24-14-8-3-9-15-24)31-25-16-17-28-27(18-25)32(30(34)21-35-28)20-22-10-4-1-5-11-22/h1-18,26H,19-21H2,(H,31,33). The molecule has 0 saturated heterocycles. The number of hydrogen-bond donors (Lipinski definition) is 1. The number of anilines is 2. The molecule has 5 heteroatoms. The summed E-state index contributed by atoms with van der Waals surface area (Å²) in [5, 5.41) is 3.03. The first kappa shape index (κ1) is 22.4. The molecule has 1 aliphatic rings. The van der Waals surface area contributed by atoms with E-state index in [-0.39, 0.29) is 24.3 Å². The second-order valence-corrected chi connectivity index (χ2v) is 8.56. The van der Waals surface area contributed by atoms with Gasteiger partial charge in [0.05, 0.1) is 12.2 Å². The van der Waals surface area contributed by atoms with Gasteiger partial charge in [-0.25, -0.2) is 0 Å². The van der Waals surface area contributed by atoms with E-state index in [2.05, 4.69) is 5.32 Å². The number of fused-ring (bicyclic) bond motifs is 1. The van der Waals surface area contributed by atoms with Crippen molar-refractivity contribution >= 4 is 23.2 Å². The van der Waals surface area contributed by atoms with Gasteiger partial charge in [0.15, 0.2) is 6.61 Å². The average molecular weight is 463 g/mol. The molecule has 1 aliphatic heterocycles. The van der Waals surface area contributed by atoms with Crippen molar-refractivity contribution in [3.63, 3.8) is 0 Å². The molecule has 35 heavy (non-hydrogen) atoms. The second-order valence-electron chi connectivity index (χ2n) is 8.56. The van der Waals surface area contributed by atoms with Gasteiger partial charge in [0.2, 0.25) is 5.91 Å². The molecule has 0 aliphatic carbocycles. The Balaban J connectivity index is 1.36. The van der Waals surface area contributed by atoms with Crippen molar-refractivity contribution in [3.8, 4) is 5.75 Å². The average Bonchev–Trinajstić information content (AvgIpc) is 2.90. The van der Waals surface area contributed by atoms with Gasteiger partial charge in [-0.1, -0.05) is 91.0 Å². The number of carbonyl (C=O) groups is 2. The summed E-state index contributed by atoms with van der Waals surface area (Å²) >= 11 is 0. The topological polar surface area (TPSA) is 58.6 Å². The van der Waals surface area contributed by atoms with Crippen molar-refractivity contribution in [2.75, 3.05) is 16.8 Å². The first-order valence-electron chi connectivity index (χ1n) is 11.7. The van der Waals surface area contributed by atoms with Crippen LogP contribution in [-0.4, -0.2) is 18.4 Å². The summed E-state index contributed by atoms with van der Waals surface area (Å²) in [6.07, 6.45) is 0.300. The summed E-state index contributed by atoms with van der Waals surface area (Å²) in [6.45, 7) is 0.443. The van der Waals surface area contributed by atoms with Crippen LogP contribution in [0, 0.1) is 0 Å². The molecule has 0 radical (unpaired) electrons. The highest BCUT2D eigenvalue weighted by Crippen LogP contribution is 2.36. The molecule has 1 N–H and O–H groups in total. The maximum atomic E-state index is 13.2. The van der Waals surface area contributed by atoms with Gasteiger partial charge in [-0.15, -0.1) is 0 Å². The smallest absolute Gasteiger partial charge is 0.265 e. The van der Waals surface area contributed by atoms with Crippen LogP contribution in [0.25, 0.3) is 0 Å². The first-order valence-corrected chi connectivity index (χ1v) is 11.7. The molecule has 0 atom stereocenters. The Morgan fingerprint density at radius 1 is 0.829 bits per heavy atom. The Morgan fingerprint density at radius 2 is 1.43 bits per heavy atom. The van der Waals surface area contributed by atoms with Crippen molar-refractivity contribution in [1.29, 1.82) is 0 Å². The fourth-order valence-electron chi connectivity index (χ4n) is 4.42. The van der Waals surface area contributed by atoms with Gasteiger partial charge in [-0.05, 0) is 34.9 Å². The molecular weight excluding hydrogens is 436 g/mol. The van der Waals surface area contributed by atoms with E-state index < -0.39 is 0 Å². The van der Waals surface area contributed by atoms with E-state index in [1.54, 1.807) is 11.0 Å². The minimum absolute atomic E-state index is 0.00136. The number of nitrogens with one attached hydrogen (secondary N) is 1. The Hall–Kier alpha value is -4.38. The minimum Gasteiger partial charge on any atom is -0.482 e. The van der Waals surface area contributed by atoms with Crippen LogP contribution in [0.3, 0.4) is 0 Å². The summed E-state index contributed by atoms with van der Waals surface area (Å²) in [4.78, 5) is 27.5. The van der Waals surface area contributed by atoms with Gasteiger partial charge in [0.25, 0.3) is 5.91 Å². The van der Waals surface area contributed by atoms with Crippen LogP contribution in [0.5, 0.6) is 5.75 Å². The fraction of sp³-hybridized carbons (Fsp3) is 0.133. The van der Waals surface area contributed by atoms with E-state index in [1.807, 2.05) is 103 Å². The lowest BCUT2D eigenvalue weighted by atomic mass is 9.88. The summed E-state index contributed by atoms with van der Waals surface area (Å²) in [6, 6.07) is 35.4. The molecule has 0 aromatic heterocycles. The highest BCUT2D eigenvalue weighted by Gasteiger charge is 2.26. The molecule has 4 aromatic carbocycles. The van der Waals surface area contributed by atoms with E-state index in [1.165, 1.54) is 0 Å². The number of carbonyl (C=O) groups excluding carboxylic acids is 2. The Labute approximate surface area is 205 Å². The number of hydrogen-bond acceptors (Lipinski definition) is 3. The molecule has 174 valence electrons. The number of ether oxygens (including phenoxy) is 1. The molecule has 0 spiro atoms. The van der Waals surface area contributed by atoms with Crippen molar-refractivity contribution in [1.82, 2.24) is 0 Å². The fourth-order valence-corrected chi connectivity index (χ4v) is 4.42. The normalized spacial score (nSPS) is 12.7. The van der Waals surface area contributed by atoms with Gasteiger partial charge in [-0.3, -0.25) is 9.59 Å². The van der Waals surface area contributed by atoms with E-state index in [0.717, 1.165) is 16.7 Å². The number of amides is 2. The van der Waals surface area contributed by atoms with Crippen LogP contribution in [0.1, 0.15) is 29.0 Å². The molecule has 0 bridgehead atoms. The zero-order valence-corrected chi connectivity index (χ0v) is 19.3. The SMILES string of the molecule is O=C(CC(c1ccccc1)c1ccccc1)Nc1ccc2c(c1)N(Cc1ccccc1)C(=O)CO2. The van der Waals surface area contributed by atoms with E-state index in [0.29, 0.717) is 30.1 Å². The second kappa shape index (κ2) is 10.3. The maximum absolute atomic E-state index is 13.2. The Kier molecular flexibility index (Phi) is 6.57. The van der Waals surface area contributed by atoms with Crippen LogP contribution in [-0.2, 0) is 16.1 Å². The third-order valence-electron chi connectivity index (χ3n) is 6.16. The highest BCUT2D eigenvalue weighted by molar-refractivity contribution is 5.99. The molecule has 4 aromatic rings. The molecule has 0 unspecified atom stereocenters. The van der Waals surface area contributed by atoms with Gasteiger partial charge < -0.3 is 15.0 Å². The molecule has 5 nitrogen and oxygen atoms in total. The zero-order chi connectivity index (χ0) is 24.0. The van der Waals surface area contributed by atoms with E-state index in [9.17, 15) is 9.59 Å². The van der Waals surface area contributed by atoms with E-state index in [4.69, 9.17) is 4.74 Å². The lowest BCUT2D eigenvalue weighted by Crippen LogP contribution is -2.38. The Bertz CT molecular complexity index is 1270. The van der Waals surface area contributed by atoms with Gasteiger partial charge >= 0.3 is 0 Å². The molecule has 1 heterocycles. The predicted octanol–water partition coefficient (Wildman–Crippen LogP) is 5.77. The quantitative estimate of drug-likeness (QED) is 0.379. The van der Waals surface area contributed by atoms with Crippen molar-refractivity contribution in [2.45, 2.75) is 18.9 Å². The van der Waals surface area contributed by atoms with Crippen LogP contribution in [0.2, 0.25) is 0 Å². The molecule has 0 saturated carbocycles. The Morgan fingerprint density at radius 3 is 2.06 bits per heavy atom. The maximum Gasteiger partial charge on any atom is 0.265 e. The number of benzene rings is 4. The highest BCUT2D eigenvalue weighted by atomic mass is 16.5. The number of nitrogens with zero attached hydrogens (tertiary/aromatic N) is 1. The molecule has 5 rings (SSSR count). The van der Waals surface area contributed by atoms with Gasteiger partial charge in [0, 0.05) is 18.0 Å². The molecular formula is C30H26N2O3. The summed E-state index contributed by atoms with van der Waals surface area (Å²) < 4.78 is 5.64. The van der Waals surface area contributed by atoms with Gasteiger partial charge in [-0.2, -0.15) is 0 Å². The minimum atomic E-state index is -0.113. The summed E-state index contributed by atoms with van der Waals surface area (Å²) in [5.74, 6) is 0.359. The van der Waals surface area contributed by atoms with Crippen LogP contribution < -0.4 is 15.0 Å². The third kappa shape index (κ3) is 5.25. The van der Waals surface area contributed by atoms with Gasteiger partial charge in [0.1, 0.15) is 5.75 Å². The largest absolute Gasteiger partial charge is 0.482 e. The number of rotatable bonds is 7. The monoisotopic (exact) mass is 462 g/mol. The summed E-state index contributed by atoms with van der Waals surface area (Å²) in [7, 11) is 0. The van der Waals surface area contributed by atoms with Crippen LogP contribution >= 0.6 is 0 Å². The van der Waals surface area contributed by atoms with Crippen molar-refractivity contribution < 1.29 is 14.3 Å². The first-order chi connectivity index (χ1) is 17.2. The van der Waals surface area contributed by atoms with Crippen molar-refractivity contribution in [3.05, 3.63) is 126 Å². The molecule has 2 amide bonds. The van der Waals surface area contributed by atoms with Crippen LogP contribution in [0.15, 0.2) is 109 Å². The lowest BCUT2D eigenvalue weighted by molar-refractivity contribution is -0.121. The predicted molar refractivity (Wildman–Crippen MR) is 138 cm³/mol. The third-order valence-corrected chi connectivity index (χ3v) is 6.16. The van der Waals surface area contributed by atoms with Crippen molar-refractivity contribution in [2.24, 2.45) is 0 Å².